The Hall–Kier alpha value is -2.80. The third-order valence-corrected chi connectivity index (χ3v) is 4.67. The van der Waals surface area contributed by atoms with E-state index in [-0.39, 0.29) is 2.85 Å². The number of benzene rings is 2. The molecule has 1 aliphatic rings. The van der Waals surface area contributed by atoms with Gasteiger partial charge >= 0.3 is 0 Å². The van der Waals surface area contributed by atoms with Crippen molar-refractivity contribution in [2.24, 2.45) is 0 Å². The van der Waals surface area contributed by atoms with Gasteiger partial charge in [0, 0.05) is 19.6 Å². The molecule has 1 atom stereocenters. The smallest absolute Gasteiger partial charge is 0.0991 e. The highest BCUT2D eigenvalue weighted by molar-refractivity contribution is 5.84. The Morgan fingerprint density at radius 2 is 2.08 bits per heavy atom. The van der Waals surface area contributed by atoms with E-state index in [1.54, 1.807) is 0 Å². The van der Waals surface area contributed by atoms with Gasteiger partial charge in [-0.3, -0.25) is 5.10 Å². The van der Waals surface area contributed by atoms with Crippen molar-refractivity contribution < 1.29 is 2.85 Å². The molecule has 1 heterocycles. The number of H-pyrrole nitrogens is 1. The summed E-state index contributed by atoms with van der Waals surface area (Å²) < 4.78 is 0. The van der Waals surface area contributed by atoms with Crippen molar-refractivity contribution in [2.75, 3.05) is 5.32 Å². The van der Waals surface area contributed by atoms with Crippen molar-refractivity contribution in [1.29, 1.82) is 5.26 Å². The van der Waals surface area contributed by atoms with Gasteiger partial charge in [0.05, 0.1) is 23.2 Å². The predicted octanol–water partition coefficient (Wildman–Crippen LogP) is 5.75. The highest BCUT2D eigenvalue weighted by Gasteiger charge is 2.20. The Labute approximate surface area is 151 Å². The minimum atomic E-state index is 0. The van der Waals surface area contributed by atoms with Crippen LogP contribution in [0.5, 0.6) is 0 Å². The second kappa shape index (κ2) is 7.40. The zero-order valence-electron chi connectivity index (χ0n) is 15.1. The summed E-state index contributed by atoms with van der Waals surface area (Å²) >= 11 is 0. The number of fused-ring (bicyclic) bond motifs is 2. The van der Waals surface area contributed by atoms with Crippen molar-refractivity contribution >= 4 is 16.6 Å². The van der Waals surface area contributed by atoms with Crippen molar-refractivity contribution in [3.63, 3.8) is 0 Å². The quantitative estimate of drug-likeness (QED) is 0.626. The molecule has 4 nitrogen and oxygen atoms in total. The number of aromatic amines is 1. The van der Waals surface area contributed by atoms with Crippen molar-refractivity contribution in [3.8, 4) is 6.07 Å². The number of hydrogen-bond acceptors (Lipinski definition) is 3. The van der Waals surface area contributed by atoms with Crippen LogP contribution in [0.3, 0.4) is 0 Å². The van der Waals surface area contributed by atoms with Crippen molar-refractivity contribution in [3.05, 3.63) is 58.8 Å². The molecule has 0 saturated heterocycles. The van der Waals surface area contributed by atoms with Crippen molar-refractivity contribution in [1.82, 2.24) is 10.2 Å². The number of nitrogens with one attached hydrogen (secondary N) is 2. The molecule has 4 rings (SSSR count). The highest BCUT2D eigenvalue weighted by Crippen LogP contribution is 2.33. The summed E-state index contributed by atoms with van der Waals surface area (Å²) in [7, 11) is 0. The molecule has 0 amide bonds. The van der Waals surface area contributed by atoms with E-state index in [0.717, 1.165) is 47.1 Å². The van der Waals surface area contributed by atoms with Gasteiger partial charge in [0.1, 0.15) is 0 Å². The monoisotopic (exact) mass is 336 g/mol. The molecule has 2 aromatic carbocycles. The summed E-state index contributed by atoms with van der Waals surface area (Å²) in [4.78, 5) is 0. The average molecular weight is 336 g/mol. The first kappa shape index (κ1) is 17.0. The summed E-state index contributed by atoms with van der Waals surface area (Å²) in [6.07, 6.45) is 3.32. The van der Waals surface area contributed by atoms with Gasteiger partial charge in [0.15, 0.2) is 0 Å². The second-order valence-corrected chi connectivity index (χ2v) is 6.20. The molecule has 132 valence electrons. The lowest BCUT2D eigenvalue weighted by Crippen LogP contribution is -2.17. The fraction of sp³-hybridized carbons (Fsp3) is 0.333. The standard InChI is InChI=1S/C19H18N4.C2H6.2H2/c1-12-17-10-15(6-8-19(17)23-22-12)21-18-4-2-3-14-9-13(11-20)5-7-16(14)18;1-2;;/h5-10,18,21H,2-4H2,1H3,(H,22,23);1-2H3;2*1H/t18-;;;/m0.../s1. The molecule has 4 heteroatoms. The van der Waals surface area contributed by atoms with E-state index in [4.69, 9.17) is 5.26 Å². The van der Waals surface area contributed by atoms with Gasteiger partial charge in [0.25, 0.3) is 0 Å². The molecule has 0 spiro atoms. The van der Waals surface area contributed by atoms with Crippen LogP contribution in [-0.2, 0) is 6.42 Å². The van der Waals surface area contributed by atoms with E-state index in [9.17, 15) is 0 Å². The zero-order valence-corrected chi connectivity index (χ0v) is 15.1. The molecule has 0 radical (unpaired) electrons. The predicted molar refractivity (Wildman–Crippen MR) is 107 cm³/mol. The average Bonchev–Trinajstić information content (AvgIpc) is 3.04. The maximum absolute atomic E-state index is 9.07. The van der Waals surface area contributed by atoms with E-state index in [0.29, 0.717) is 6.04 Å². The van der Waals surface area contributed by atoms with Gasteiger partial charge < -0.3 is 5.32 Å². The van der Waals surface area contributed by atoms with Gasteiger partial charge in [-0.25, -0.2) is 0 Å². The lowest BCUT2D eigenvalue weighted by molar-refractivity contribution is 0.600. The first-order valence-electron chi connectivity index (χ1n) is 8.99. The SMILES string of the molecule is CC.Cc1[nH]nc2ccc(N[C@H]3CCCc4cc(C#N)ccc43)cc12.[HH].[HH]. The van der Waals surface area contributed by atoms with E-state index in [1.165, 1.54) is 11.1 Å². The summed E-state index contributed by atoms with van der Waals surface area (Å²) in [6.45, 7) is 6.04. The molecule has 25 heavy (non-hydrogen) atoms. The van der Waals surface area contributed by atoms with Gasteiger partial charge in [0.2, 0.25) is 0 Å². The first-order valence-corrected chi connectivity index (χ1v) is 8.99. The van der Waals surface area contributed by atoms with Gasteiger partial charge in [-0.15, -0.1) is 0 Å². The van der Waals surface area contributed by atoms with Crippen LogP contribution in [0, 0.1) is 18.3 Å². The summed E-state index contributed by atoms with van der Waals surface area (Å²) in [5.74, 6) is 0. The van der Waals surface area contributed by atoms with E-state index < -0.39 is 0 Å². The third-order valence-electron chi connectivity index (χ3n) is 4.67. The largest absolute Gasteiger partial charge is 0.378 e. The lowest BCUT2D eigenvalue weighted by Gasteiger charge is -2.27. The van der Waals surface area contributed by atoms with E-state index >= 15 is 0 Å². The second-order valence-electron chi connectivity index (χ2n) is 6.20. The number of nitrogens with zero attached hydrogens (tertiary/aromatic N) is 2. The van der Waals surface area contributed by atoms with Crippen LogP contribution < -0.4 is 5.32 Å². The number of nitriles is 1. The minimum absolute atomic E-state index is 0. The summed E-state index contributed by atoms with van der Waals surface area (Å²) in [6, 6.07) is 14.9. The number of hydrogen-bond donors (Lipinski definition) is 2. The first-order chi connectivity index (χ1) is 12.2. The van der Waals surface area contributed by atoms with Crippen LogP contribution >= 0.6 is 0 Å². The normalized spacial score (nSPS) is 15.7. The minimum Gasteiger partial charge on any atom is -0.378 e. The lowest BCUT2D eigenvalue weighted by atomic mass is 9.86. The highest BCUT2D eigenvalue weighted by atomic mass is 15.1. The number of aromatic nitrogens is 2. The molecular weight excluding hydrogens is 308 g/mol. The zero-order chi connectivity index (χ0) is 17.8. The summed E-state index contributed by atoms with van der Waals surface area (Å²) in [5, 5.41) is 21.2. The molecule has 1 aromatic heterocycles. The number of aryl methyl sites for hydroxylation is 2. The third kappa shape index (κ3) is 3.36. The van der Waals surface area contributed by atoms with Crippen LogP contribution in [0.15, 0.2) is 36.4 Å². The Bertz CT molecular complexity index is 928. The Balaban J connectivity index is 0.000000883. The maximum Gasteiger partial charge on any atom is 0.0991 e. The number of anilines is 1. The molecule has 0 unspecified atom stereocenters. The van der Waals surface area contributed by atoms with E-state index in [2.05, 4.69) is 39.8 Å². The number of rotatable bonds is 2. The Morgan fingerprint density at radius 1 is 1.24 bits per heavy atom. The maximum atomic E-state index is 9.07. The van der Waals surface area contributed by atoms with Crippen LogP contribution in [0.4, 0.5) is 5.69 Å². The molecule has 3 aromatic rings. The molecule has 0 saturated carbocycles. The Morgan fingerprint density at radius 3 is 2.88 bits per heavy atom. The summed E-state index contributed by atoms with van der Waals surface area (Å²) in [5.41, 5.74) is 6.57. The molecule has 0 fully saturated rings. The molecule has 0 bridgehead atoms. The van der Waals surface area contributed by atoms with Crippen LogP contribution in [0.2, 0.25) is 0 Å². The van der Waals surface area contributed by atoms with Crippen molar-refractivity contribution in [2.45, 2.75) is 46.1 Å². The van der Waals surface area contributed by atoms with Crippen LogP contribution in [0.1, 0.15) is 58.0 Å². The molecule has 0 aliphatic heterocycles. The van der Waals surface area contributed by atoms with Gasteiger partial charge in [-0.2, -0.15) is 10.4 Å². The topological polar surface area (TPSA) is 64.5 Å². The Kier molecular flexibility index (Phi) is 5.04. The fourth-order valence-corrected chi connectivity index (χ4v) is 3.46. The van der Waals surface area contributed by atoms with E-state index in [1.807, 2.05) is 39.0 Å². The van der Waals surface area contributed by atoms with Gasteiger partial charge in [-0.1, -0.05) is 19.9 Å². The van der Waals surface area contributed by atoms with Gasteiger partial charge in [-0.05, 0) is 67.6 Å². The fourth-order valence-electron chi connectivity index (χ4n) is 3.46. The molecule has 2 N–H and O–H groups in total. The van der Waals surface area contributed by atoms with Crippen LogP contribution in [-0.4, -0.2) is 10.2 Å². The molecular formula is C21H28N4. The molecule has 1 aliphatic carbocycles. The van der Waals surface area contributed by atoms with Crippen LogP contribution in [0.25, 0.3) is 10.9 Å².